The second-order valence-electron chi connectivity index (χ2n) is 7.29. The minimum absolute atomic E-state index is 0.0153. The maximum Gasteiger partial charge on any atom is 0.337 e. The standard InChI is InChI=1S/C19H23N3O4/c23-15-11-13(6-4-5-12-9-10-12)16-17(24)20-19(21-18(16)25-15)26-22-14-7-2-1-3-8-14/h11-12H,1-10H2,(H,20,21,24). The highest BCUT2D eigenvalue weighted by molar-refractivity contribution is 5.84. The Morgan fingerprint density at radius 2 is 2.04 bits per heavy atom. The summed E-state index contributed by atoms with van der Waals surface area (Å²) in [5.41, 5.74) is 0.812. The summed E-state index contributed by atoms with van der Waals surface area (Å²) in [6.45, 7) is 0. The summed E-state index contributed by atoms with van der Waals surface area (Å²) in [4.78, 5) is 36.4. The summed E-state index contributed by atoms with van der Waals surface area (Å²) < 4.78 is 5.14. The molecule has 0 radical (unpaired) electrons. The van der Waals surface area contributed by atoms with E-state index >= 15 is 0 Å². The molecule has 2 saturated carbocycles. The van der Waals surface area contributed by atoms with Crippen molar-refractivity contribution in [3.63, 3.8) is 0 Å². The van der Waals surface area contributed by atoms with E-state index in [0.29, 0.717) is 17.4 Å². The van der Waals surface area contributed by atoms with Crippen LogP contribution in [0, 0.1) is 5.92 Å². The van der Waals surface area contributed by atoms with Gasteiger partial charge in [0.2, 0.25) is 5.71 Å². The molecule has 0 aliphatic heterocycles. The van der Waals surface area contributed by atoms with Gasteiger partial charge < -0.3 is 9.25 Å². The van der Waals surface area contributed by atoms with Crippen molar-refractivity contribution < 1.29 is 9.25 Å². The number of aromatic nitrogens is 2. The van der Waals surface area contributed by atoms with Crippen LogP contribution in [0.2, 0.25) is 0 Å². The monoisotopic (exact) mass is 357 g/mol. The third kappa shape index (κ3) is 4.03. The van der Waals surface area contributed by atoms with E-state index in [1.54, 1.807) is 0 Å². The van der Waals surface area contributed by atoms with Gasteiger partial charge in [-0.2, -0.15) is 4.98 Å². The Bertz CT molecular complexity index is 932. The van der Waals surface area contributed by atoms with Gasteiger partial charge in [-0.3, -0.25) is 9.78 Å². The molecule has 0 unspecified atom stereocenters. The first-order valence-electron chi connectivity index (χ1n) is 9.49. The molecular weight excluding hydrogens is 334 g/mol. The van der Waals surface area contributed by atoms with E-state index in [-0.39, 0.29) is 17.3 Å². The number of hydrogen-bond donors (Lipinski definition) is 1. The number of H-pyrrole nitrogens is 1. The van der Waals surface area contributed by atoms with Gasteiger partial charge in [0.1, 0.15) is 5.39 Å². The highest BCUT2D eigenvalue weighted by atomic mass is 16.6. The molecule has 2 heterocycles. The van der Waals surface area contributed by atoms with Gasteiger partial charge in [-0.15, -0.1) is 0 Å². The van der Waals surface area contributed by atoms with Gasteiger partial charge in [0.25, 0.3) is 5.56 Å². The maximum absolute atomic E-state index is 12.5. The Morgan fingerprint density at radius 1 is 1.23 bits per heavy atom. The average Bonchev–Trinajstić information content (AvgIpc) is 3.44. The number of oxime groups is 1. The minimum atomic E-state index is -0.499. The van der Waals surface area contributed by atoms with E-state index in [0.717, 1.165) is 50.2 Å². The lowest BCUT2D eigenvalue weighted by Crippen LogP contribution is -2.15. The lowest BCUT2D eigenvalue weighted by Gasteiger charge is -2.11. The summed E-state index contributed by atoms with van der Waals surface area (Å²) in [5, 5.41) is 4.42. The molecule has 0 amide bonds. The first-order chi connectivity index (χ1) is 12.7. The molecule has 138 valence electrons. The van der Waals surface area contributed by atoms with Gasteiger partial charge in [0, 0.05) is 6.07 Å². The van der Waals surface area contributed by atoms with Gasteiger partial charge >= 0.3 is 11.6 Å². The molecule has 2 aliphatic carbocycles. The second kappa shape index (κ2) is 7.43. The molecular formula is C19H23N3O4. The fourth-order valence-electron chi connectivity index (χ4n) is 3.52. The van der Waals surface area contributed by atoms with Crippen LogP contribution in [0.25, 0.3) is 11.1 Å². The van der Waals surface area contributed by atoms with E-state index in [1.807, 2.05) is 0 Å². The molecule has 4 rings (SSSR count). The van der Waals surface area contributed by atoms with Crippen molar-refractivity contribution in [2.45, 2.75) is 64.2 Å². The number of hydrogen-bond acceptors (Lipinski definition) is 6. The van der Waals surface area contributed by atoms with Crippen molar-refractivity contribution in [3.8, 4) is 6.01 Å². The predicted molar refractivity (Wildman–Crippen MR) is 97.7 cm³/mol. The molecule has 2 aromatic rings. The number of fused-ring (bicyclic) bond motifs is 1. The summed E-state index contributed by atoms with van der Waals surface area (Å²) >= 11 is 0. The molecule has 1 N–H and O–H groups in total. The highest BCUT2D eigenvalue weighted by Crippen LogP contribution is 2.34. The van der Waals surface area contributed by atoms with Crippen LogP contribution in [0.3, 0.4) is 0 Å². The van der Waals surface area contributed by atoms with Gasteiger partial charge in [0.05, 0.1) is 5.71 Å². The van der Waals surface area contributed by atoms with E-state index < -0.39 is 5.63 Å². The molecule has 0 aromatic carbocycles. The summed E-state index contributed by atoms with van der Waals surface area (Å²) in [5.74, 6) is 0.816. The van der Waals surface area contributed by atoms with Gasteiger partial charge in [-0.1, -0.05) is 30.8 Å². The van der Waals surface area contributed by atoms with Crippen LogP contribution >= 0.6 is 0 Å². The fraction of sp³-hybridized carbons (Fsp3) is 0.579. The molecule has 0 saturated heterocycles. The third-order valence-corrected chi connectivity index (χ3v) is 5.12. The molecule has 0 atom stereocenters. The zero-order valence-corrected chi connectivity index (χ0v) is 14.8. The summed E-state index contributed by atoms with van der Waals surface area (Å²) in [7, 11) is 0. The maximum atomic E-state index is 12.5. The lowest BCUT2D eigenvalue weighted by molar-refractivity contribution is 0.307. The molecule has 2 fully saturated rings. The number of rotatable bonds is 6. The van der Waals surface area contributed by atoms with Crippen LogP contribution in [-0.2, 0) is 6.42 Å². The molecule has 26 heavy (non-hydrogen) atoms. The smallest absolute Gasteiger partial charge is 0.337 e. The summed E-state index contributed by atoms with van der Waals surface area (Å²) in [6.07, 6.45) is 10.6. The zero-order valence-electron chi connectivity index (χ0n) is 14.8. The summed E-state index contributed by atoms with van der Waals surface area (Å²) in [6, 6.07) is 1.36. The van der Waals surface area contributed by atoms with Crippen LogP contribution in [0.5, 0.6) is 6.01 Å². The molecule has 7 nitrogen and oxygen atoms in total. The van der Waals surface area contributed by atoms with E-state index in [2.05, 4.69) is 15.1 Å². The van der Waals surface area contributed by atoms with Gasteiger partial charge in [0.15, 0.2) is 0 Å². The third-order valence-electron chi connectivity index (χ3n) is 5.12. The lowest BCUT2D eigenvalue weighted by atomic mass is 9.99. The minimum Gasteiger partial charge on any atom is -0.403 e. The van der Waals surface area contributed by atoms with Gasteiger partial charge in [-0.25, -0.2) is 4.79 Å². The van der Waals surface area contributed by atoms with Crippen molar-refractivity contribution in [1.29, 1.82) is 0 Å². The van der Waals surface area contributed by atoms with Crippen molar-refractivity contribution >= 4 is 16.8 Å². The average molecular weight is 357 g/mol. The van der Waals surface area contributed by atoms with E-state index in [9.17, 15) is 9.59 Å². The van der Waals surface area contributed by atoms with Crippen molar-refractivity contribution in [3.05, 3.63) is 32.4 Å². The van der Waals surface area contributed by atoms with E-state index in [1.165, 1.54) is 25.3 Å². The van der Waals surface area contributed by atoms with Crippen LogP contribution in [0.4, 0.5) is 0 Å². The highest BCUT2D eigenvalue weighted by Gasteiger charge is 2.21. The SMILES string of the molecule is O=c1cc(CCCC2CC2)c2c(=O)[nH]c(ON=C3CCCCC3)nc2o1. The number of aromatic amines is 1. The number of nitrogens with zero attached hydrogens (tertiary/aromatic N) is 2. The Labute approximate surface area is 150 Å². The van der Waals surface area contributed by atoms with Crippen molar-refractivity contribution in [1.82, 2.24) is 9.97 Å². The van der Waals surface area contributed by atoms with Crippen LogP contribution in [0.1, 0.15) is 63.4 Å². The zero-order chi connectivity index (χ0) is 17.9. The van der Waals surface area contributed by atoms with E-state index in [4.69, 9.17) is 9.25 Å². The molecule has 7 heteroatoms. The Kier molecular flexibility index (Phi) is 4.86. The normalized spacial score (nSPS) is 17.5. The second-order valence-corrected chi connectivity index (χ2v) is 7.29. The topological polar surface area (TPSA) is 97.5 Å². The first kappa shape index (κ1) is 17.0. The Balaban J connectivity index is 1.59. The number of nitrogens with one attached hydrogen (secondary N) is 1. The first-order valence-corrected chi connectivity index (χ1v) is 9.49. The largest absolute Gasteiger partial charge is 0.403 e. The molecule has 0 bridgehead atoms. The molecule has 2 aromatic heterocycles. The Morgan fingerprint density at radius 3 is 2.81 bits per heavy atom. The van der Waals surface area contributed by atoms with Gasteiger partial charge in [-0.05, 0) is 50.0 Å². The quantitative estimate of drug-likeness (QED) is 0.800. The molecule has 2 aliphatic rings. The Hall–Kier alpha value is -2.44. The van der Waals surface area contributed by atoms with Crippen molar-refractivity contribution in [2.75, 3.05) is 0 Å². The van der Waals surface area contributed by atoms with Crippen LogP contribution in [0.15, 0.2) is 25.2 Å². The van der Waals surface area contributed by atoms with Crippen LogP contribution < -0.4 is 16.0 Å². The predicted octanol–water partition coefficient (Wildman–Crippen LogP) is 3.31. The fourth-order valence-corrected chi connectivity index (χ4v) is 3.52. The van der Waals surface area contributed by atoms with Crippen molar-refractivity contribution in [2.24, 2.45) is 11.1 Å². The molecule has 0 spiro atoms. The van der Waals surface area contributed by atoms with Crippen LogP contribution in [-0.4, -0.2) is 15.7 Å². The number of aryl methyl sites for hydroxylation is 1.